The molecule has 2 aromatic heterocycles. The van der Waals surface area contributed by atoms with E-state index < -0.39 is 0 Å². The molecular formula is C17H15ClN4O2S. The number of rotatable bonds is 2. The highest BCUT2D eigenvalue weighted by Gasteiger charge is 2.28. The van der Waals surface area contributed by atoms with Gasteiger partial charge >= 0.3 is 0 Å². The lowest BCUT2D eigenvalue weighted by Gasteiger charge is -2.33. The van der Waals surface area contributed by atoms with E-state index in [9.17, 15) is 4.79 Å². The van der Waals surface area contributed by atoms with Gasteiger partial charge in [-0.1, -0.05) is 11.6 Å². The molecule has 25 heavy (non-hydrogen) atoms. The number of oxazole rings is 1. The number of aromatic nitrogens is 2. The molecule has 1 fully saturated rings. The quantitative estimate of drug-likeness (QED) is 0.693. The van der Waals surface area contributed by atoms with Gasteiger partial charge < -0.3 is 14.6 Å². The van der Waals surface area contributed by atoms with Crippen LogP contribution in [0.4, 0.5) is 6.01 Å². The summed E-state index contributed by atoms with van der Waals surface area (Å²) in [5, 5.41) is 6.58. The van der Waals surface area contributed by atoms with Crippen molar-refractivity contribution in [3.8, 4) is 11.3 Å². The van der Waals surface area contributed by atoms with Gasteiger partial charge in [-0.15, -0.1) is 11.3 Å². The van der Waals surface area contributed by atoms with Crippen molar-refractivity contribution in [2.45, 2.75) is 19.9 Å². The first kappa shape index (κ1) is 16.1. The van der Waals surface area contributed by atoms with Crippen LogP contribution in [0.5, 0.6) is 0 Å². The van der Waals surface area contributed by atoms with Crippen LogP contribution in [0.15, 0.2) is 27.6 Å². The van der Waals surface area contributed by atoms with Crippen molar-refractivity contribution in [2.24, 2.45) is 0 Å². The van der Waals surface area contributed by atoms with Crippen molar-refractivity contribution in [2.75, 3.05) is 18.0 Å². The molecule has 8 heteroatoms. The van der Waals surface area contributed by atoms with Crippen LogP contribution in [-0.2, 0) is 4.79 Å². The minimum Gasteiger partial charge on any atom is -0.423 e. The molecule has 3 heterocycles. The number of nitrogens with one attached hydrogen (secondary N) is 1. The summed E-state index contributed by atoms with van der Waals surface area (Å²) < 4.78 is 6.07. The van der Waals surface area contributed by atoms with Gasteiger partial charge in [-0.2, -0.15) is 4.98 Å². The highest BCUT2D eigenvalue weighted by atomic mass is 35.5. The number of aryl methyl sites for hydroxylation is 1. The Morgan fingerprint density at radius 3 is 3.00 bits per heavy atom. The van der Waals surface area contributed by atoms with Crippen LogP contribution in [0.25, 0.3) is 22.4 Å². The molecule has 0 saturated carbocycles. The van der Waals surface area contributed by atoms with Gasteiger partial charge in [0.15, 0.2) is 5.58 Å². The molecule has 0 spiro atoms. The van der Waals surface area contributed by atoms with E-state index in [2.05, 4.69) is 15.3 Å². The molecule has 1 aliphatic rings. The molecule has 0 radical (unpaired) electrons. The van der Waals surface area contributed by atoms with Crippen molar-refractivity contribution < 1.29 is 9.21 Å². The summed E-state index contributed by atoms with van der Waals surface area (Å²) in [5.74, 6) is 1.95. The van der Waals surface area contributed by atoms with Gasteiger partial charge in [0, 0.05) is 29.1 Å². The smallest absolute Gasteiger partial charge is 0.299 e. The first-order valence-electron chi connectivity index (χ1n) is 7.85. The van der Waals surface area contributed by atoms with Crippen molar-refractivity contribution in [1.29, 1.82) is 0 Å². The summed E-state index contributed by atoms with van der Waals surface area (Å²) in [6.45, 7) is 5.18. The summed E-state index contributed by atoms with van der Waals surface area (Å²) in [4.78, 5) is 22.1. The molecule has 1 aromatic carbocycles. The third kappa shape index (κ3) is 2.80. The number of piperazine rings is 1. The second-order valence-electron chi connectivity index (χ2n) is 5.86. The number of nitrogens with zero attached hydrogens (tertiary/aromatic N) is 3. The maximum Gasteiger partial charge on any atom is 0.299 e. The molecule has 3 aromatic rings. The molecule has 0 aliphatic carbocycles. The third-order valence-electron chi connectivity index (χ3n) is 4.25. The lowest BCUT2D eigenvalue weighted by Crippen LogP contribution is -2.48. The van der Waals surface area contributed by atoms with Crippen LogP contribution in [0.3, 0.4) is 0 Å². The zero-order valence-electron chi connectivity index (χ0n) is 13.7. The van der Waals surface area contributed by atoms with Crippen LogP contribution in [-0.4, -0.2) is 35.0 Å². The Kier molecular flexibility index (Phi) is 4.00. The summed E-state index contributed by atoms with van der Waals surface area (Å²) in [5.41, 5.74) is 3.46. The second-order valence-corrected chi connectivity index (χ2v) is 7.36. The van der Waals surface area contributed by atoms with Crippen molar-refractivity contribution in [1.82, 2.24) is 15.3 Å². The molecule has 1 aliphatic heterocycles. The second kappa shape index (κ2) is 6.19. The largest absolute Gasteiger partial charge is 0.423 e. The maximum atomic E-state index is 11.1. The van der Waals surface area contributed by atoms with E-state index >= 15 is 0 Å². The highest BCUT2D eigenvalue weighted by molar-refractivity contribution is 7.09. The van der Waals surface area contributed by atoms with Crippen LogP contribution >= 0.6 is 22.9 Å². The summed E-state index contributed by atoms with van der Waals surface area (Å²) in [7, 11) is 0. The predicted molar refractivity (Wildman–Crippen MR) is 98.9 cm³/mol. The Morgan fingerprint density at radius 2 is 2.28 bits per heavy atom. The van der Waals surface area contributed by atoms with E-state index in [-0.39, 0.29) is 6.04 Å². The molecule has 0 bridgehead atoms. The van der Waals surface area contributed by atoms with Crippen molar-refractivity contribution in [3.63, 3.8) is 0 Å². The van der Waals surface area contributed by atoms with E-state index in [1.54, 1.807) is 17.4 Å². The number of halogens is 1. The number of benzene rings is 1. The summed E-state index contributed by atoms with van der Waals surface area (Å²) >= 11 is 7.84. The topological polar surface area (TPSA) is 71.3 Å². The van der Waals surface area contributed by atoms with Gasteiger partial charge in [0.2, 0.25) is 0 Å². The standard InChI is InChI=1S/C17H15ClN4O2S/c1-9-14(7-23)19-3-4-22(9)17-21-13-6-11(18)5-12(16(13)24-17)15-8-25-10(2)20-15/h5-6,8-9,19H,3-4H2,1-2H3. The van der Waals surface area contributed by atoms with Crippen LogP contribution < -0.4 is 10.2 Å². The van der Waals surface area contributed by atoms with E-state index in [0.717, 1.165) is 16.3 Å². The molecule has 0 amide bonds. The summed E-state index contributed by atoms with van der Waals surface area (Å²) in [6.07, 6.45) is 0. The Labute approximate surface area is 153 Å². The molecule has 1 saturated heterocycles. The average molecular weight is 375 g/mol. The van der Waals surface area contributed by atoms with Crippen LogP contribution in [0.2, 0.25) is 5.02 Å². The first-order chi connectivity index (χ1) is 12.1. The predicted octanol–water partition coefficient (Wildman–Crippen LogP) is 3.43. The molecule has 6 nitrogen and oxygen atoms in total. The van der Waals surface area contributed by atoms with E-state index in [4.69, 9.17) is 16.0 Å². The zero-order chi connectivity index (χ0) is 17.6. The Bertz CT molecular complexity index is 1010. The van der Waals surface area contributed by atoms with Gasteiger partial charge in [0.05, 0.1) is 16.7 Å². The molecule has 1 N–H and O–H groups in total. The lowest BCUT2D eigenvalue weighted by molar-refractivity contribution is 0.496. The van der Waals surface area contributed by atoms with E-state index in [1.165, 1.54) is 0 Å². The fourth-order valence-electron chi connectivity index (χ4n) is 2.98. The number of fused-ring (bicyclic) bond motifs is 1. The van der Waals surface area contributed by atoms with Crippen LogP contribution in [0.1, 0.15) is 11.9 Å². The first-order valence-corrected chi connectivity index (χ1v) is 9.10. The number of anilines is 1. The Morgan fingerprint density at radius 1 is 1.44 bits per heavy atom. The van der Waals surface area contributed by atoms with Crippen LogP contribution in [0, 0.1) is 6.92 Å². The van der Waals surface area contributed by atoms with Gasteiger partial charge in [0.1, 0.15) is 17.2 Å². The maximum absolute atomic E-state index is 11.1. The monoisotopic (exact) mass is 374 g/mol. The number of hydrogen-bond acceptors (Lipinski definition) is 7. The number of hydrogen-bond donors (Lipinski definition) is 1. The van der Waals surface area contributed by atoms with Gasteiger partial charge in [-0.05, 0) is 26.0 Å². The zero-order valence-corrected chi connectivity index (χ0v) is 15.2. The Balaban J connectivity index is 1.84. The molecule has 1 atom stereocenters. The summed E-state index contributed by atoms with van der Waals surface area (Å²) in [6, 6.07) is 3.90. The third-order valence-corrected chi connectivity index (χ3v) is 5.24. The molecule has 1 unspecified atom stereocenters. The molecular weight excluding hydrogens is 360 g/mol. The van der Waals surface area contributed by atoms with Crippen molar-refractivity contribution >= 4 is 46.0 Å². The number of carbonyl (C=O) groups excluding carboxylic acids is 1. The Hall–Kier alpha value is -2.34. The lowest BCUT2D eigenvalue weighted by atomic mass is 10.1. The molecule has 4 rings (SSSR count). The van der Waals surface area contributed by atoms with Crippen molar-refractivity contribution in [3.05, 3.63) is 33.2 Å². The van der Waals surface area contributed by atoms with Gasteiger partial charge in [-0.3, -0.25) is 0 Å². The SMILES string of the molecule is Cc1nc(-c2cc(Cl)cc3nc(N4CCNC(=C=O)C4C)oc23)cs1. The highest BCUT2D eigenvalue weighted by Crippen LogP contribution is 2.35. The minimum absolute atomic E-state index is 0.181. The molecule has 128 valence electrons. The average Bonchev–Trinajstić information content (AvgIpc) is 3.20. The number of thiazole rings is 1. The normalized spacial score (nSPS) is 17.6. The minimum atomic E-state index is -0.181. The van der Waals surface area contributed by atoms with Gasteiger partial charge in [0.25, 0.3) is 6.01 Å². The fraction of sp³-hybridized carbons (Fsp3) is 0.294. The van der Waals surface area contributed by atoms with E-state index in [1.807, 2.05) is 36.1 Å². The van der Waals surface area contributed by atoms with E-state index in [0.29, 0.717) is 40.9 Å². The fourth-order valence-corrected chi connectivity index (χ4v) is 3.80. The van der Waals surface area contributed by atoms with Gasteiger partial charge in [-0.25, -0.2) is 9.78 Å².